The lowest BCUT2D eigenvalue weighted by atomic mass is 10.0. The molecule has 0 spiro atoms. The molecule has 1 amide bonds. The van der Waals surface area contributed by atoms with Gasteiger partial charge in [-0.2, -0.15) is 5.48 Å². The van der Waals surface area contributed by atoms with Crippen LogP contribution in [0.1, 0.15) is 27.0 Å². The summed E-state index contributed by atoms with van der Waals surface area (Å²) in [4.78, 5) is 21.9. The quantitative estimate of drug-likeness (QED) is 0.305. The van der Waals surface area contributed by atoms with E-state index >= 15 is 0 Å². The second-order valence-corrected chi connectivity index (χ2v) is 7.38. The number of amides is 1. The van der Waals surface area contributed by atoms with Crippen molar-refractivity contribution in [1.82, 2.24) is 10.5 Å². The normalized spacial score (nSPS) is 10.5. The van der Waals surface area contributed by atoms with Crippen LogP contribution in [0.2, 0.25) is 0 Å². The molecule has 0 atom stereocenters. The first-order chi connectivity index (χ1) is 16.1. The molecule has 0 aliphatic carbocycles. The summed E-state index contributed by atoms with van der Waals surface area (Å²) in [5.74, 6) is 0.327. The van der Waals surface area contributed by atoms with Crippen molar-refractivity contribution in [2.45, 2.75) is 13.0 Å². The largest absolute Gasteiger partial charge is 0.489 e. The fourth-order valence-corrected chi connectivity index (χ4v) is 3.26. The number of carbonyl (C=O) groups is 1. The fraction of sp³-hybridized carbons (Fsp3) is 0.0769. The van der Waals surface area contributed by atoms with Crippen molar-refractivity contribution >= 4 is 11.6 Å². The average Bonchev–Trinajstić information content (AvgIpc) is 2.82. The SMILES string of the molecule is Nc1cccc(Cc2cc(OCc3cccc(F)c3)ccc2ONC(=O)c2cccnc2)c1. The van der Waals surface area contributed by atoms with Crippen molar-refractivity contribution in [2.75, 3.05) is 5.73 Å². The summed E-state index contributed by atoms with van der Waals surface area (Å²) in [6, 6.07) is 22.4. The van der Waals surface area contributed by atoms with Crippen molar-refractivity contribution in [3.05, 3.63) is 119 Å². The Morgan fingerprint density at radius 2 is 1.82 bits per heavy atom. The molecule has 0 aliphatic heterocycles. The molecule has 0 saturated heterocycles. The number of ether oxygens (including phenoxy) is 1. The van der Waals surface area contributed by atoms with Crippen LogP contribution in [0.25, 0.3) is 0 Å². The van der Waals surface area contributed by atoms with Gasteiger partial charge in [0, 0.05) is 30.1 Å². The summed E-state index contributed by atoms with van der Waals surface area (Å²) in [5.41, 5.74) is 11.9. The molecule has 0 aliphatic rings. The fourth-order valence-electron chi connectivity index (χ4n) is 3.26. The lowest BCUT2D eigenvalue weighted by Gasteiger charge is -2.14. The van der Waals surface area contributed by atoms with Gasteiger partial charge in [-0.15, -0.1) is 0 Å². The summed E-state index contributed by atoms with van der Waals surface area (Å²) >= 11 is 0. The zero-order valence-corrected chi connectivity index (χ0v) is 17.7. The molecule has 166 valence electrons. The maximum absolute atomic E-state index is 13.4. The molecule has 0 fully saturated rings. The van der Waals surface area contributed by atoms with Crippen molar-refractivity contribution in [1.29, 1.82) is 0 Å². The summed E-state index contributed by atoms with van der Waals surface area (Å²) in [7, 11) is 0. The topological polar surface area (TPSA) is 86.5 Å². The Bertz CT molecular complexity index is 1250. The van der Waals surface area contributed by atoms with Crippen LogP contribution < -0.4 is 20.8 Å². The van der Waals surface area contributed by atoms with Gasteiger partial charge in [-0.05, 0) is 65.7 Å². The first kappa shape index (κ1) is 21.8. The van der Waals surface area contributed by atoms with Crippen molar-refractivity contribution < 1.29 is 18.8 Å². The summed E-state index contributed by atoms with van der Waals surface area (Å²) in [6.07, 6.45) is 3.54. The minimum Gasteiger partial charge on any atom is -0.489 e. The molecule has 4 aromatic rings. The third-order valence-corrected chi connectivity index (χ3v) is 4.85. The predicted molar refractivity (Wildman–Crippen MR) is 123 cm³/mol. The molecule has 33 heavy (non-hydrogen) atoms. The van der Waals surface area contributed by atoms with Crippen LogP contribution in [0.4, 0.5) is 10.1 Å². The highest BCUT2D eigenvalue weighted by Gasteiger charge is 2.12. The highest BCUT2D eigenvalue weighted by atomic mass is 19.1. The van der Waals surface area contributed by atoms with E-state index in [0.29, 0.717) is 29.2 Å². The number of rotatable bonds is 8. The first-order valence-corrected chi connectivity index (χ1v) is 10.3. The lowest BCUT2D eigenvalue weighted by Crippen LogP contribution is -2.27. The van der Waals surface area contributed by atoms with Crippen molar-refractivity contribution in [2.24, 2.45) is 0 Å². The van der Waals surface area contributed by atoms with Crippen LogP contribution >= 0.6 is 0 Å². The van der Waals surface area contributed by atoms with Crippen LogP contribution in [-0.4, -0.2) is 10.9 Å². The van der Waals surface area contributed by atoms with E-state index in [1.54, 1.807) is 42.6 Å². The molecule has 7 heteroatoms. The number of hydroxylamine groups is 1. The van der Waals surface area contributed by atoms with E-state index in [0.717, 1.165) is 16.7 Å². The number of carbonyl (C=O) groups excluding carboxylic acids is 1. The van der Waals surface area contributed by atoms with E-state index < -0.39 is 5.91 Å². The second-order valence-electron chi connectivity index (χ2n) is 7.38. The van der Waals surface area contributed by atoms with E-state index in [-0.39, 0.29) is 12.4 Å². The lowest BCUT2D eigenvalue weighted by molar-refractivity contribution is 0.0758. The zero-order valence-electron chi connectivity index (χ0n) is 17.7. The molecular formula is C26H22FN3O3. The van der Waals surface area contributed by atoms with E-state index in [9.17, 15) is 9.18 Å². The van der Waals surface area contributed by atoms with Gasteiger partial charge in [0.2, 0.25) is 0 Å². The van der Waals surface area contributed by atoms with Gasteiger partial charge in [0.25, 0.3) is 5.91 Å². The monoisotopic (exact) mass is 443 g/mol. The van der Waals surface area contributed by atoms with Crippen LogP contribution in [0.5, 0.6) is 11.5 Å². The van der Waals surface area contributed by atoms with Crippen LogP contribution in [0, 0.1) is 5.82 Å². The van der Waals surface area contributed by atoms with E-state index in [1.165, 1.54) is 18.3 Å². The van der Waals surface area contributed by atoms with E-state index in [2.05, 4.69) is 10.5 Å². The van der Waals surface area contributed by atoms with Gasteiger partial charge in [0.1, 0.15) is 18.2 Å². The van der Waals surface area contributed by atoms with E-state index in [4.69, 9.17) is 15.3 Å². The molecule has 3 N–H and O–H groups in total. The summed E-state index contributed by atoms with van der Waals surface area (Å²) < 4.78 is 19.3. The first-order valence-electron chi connectivity index (χ1n) is 10.3. The van der Waals surface area contributed by atoms with Gasteiger partial charge >= 0.3 is 0 Å². The zero-order chi connectivity index (χ0) is 23.0. The Kier molecular flexibility index (Phi) is 6.80. The van der Waals surface area contributed by atoms with Crippen LogP contribution in [0.15, 0.2) is 91.3 Å². The minimum absolute atomic E-state index is 0.216. The Morgan fingerprint density at radius 3 is 2.61 bits per heavy atom. The van der Waals surface area contributed by atoms with Gasteiger partial charge in [-0.3, -0.25) is 9.78 Å². The molecule has 0 bridgehead atoms. The number of hydrogen-bond donors (Lipinski definition) is 2. The standard InChI is InChI=1S/C26H22FN3O3/c27-22-7-1-5-19(13-22)17-32-24-9-10-25(33-30-26(31)20-6-3-11-29-16-20)21(15-24)12-18-4-2-8-23(28)14-18/h1-11,13-16H,12,17,28H2,(H,30,31). The van der Waals surface area contributed by atoms with Crippen molar-refractivity contribution in [3.63, 3.8) is 0 Å². The van der Waals surface area contributed by atoms with Gasteiger partial charge in [0.05, 0.1) is 5.56 Å². The van der Waals surface area contributed by atoms with Gasteiger partial charge in [-0.25, -0.2) is 4.39 Å². The Balaban J connectivity index is 1.53. The minimum atomic E-state index is -0.413. The average molecular weight is 443 g/mol. The molecule has 1 heterocycles. The Hall–Kier alpha value is -4.39. The number of halogens is 1. The van der Waals surface area contributed by atoms with Crippen LogP contribution in [-0.2, 0) is 13.0 Å². The van der Waals surface area contributed by atoms with Crippen LogP contribution in [0.3, 0.4) is 0 Å². The number of benzene rings is 3. The van der Waals surface area contributed by atoms with Gasteiger partial charge in [0.15, 0.2) is 5.75 Å². The number of nitrogen functional groups attached to an aromatic ring is 1. The molecule has 0 saturated carbocycles. The highest BCUT2D eigenvalue weighted by Crippen LogP contribution is 2.27. The van der Waals surface area contributed by atoms with Gasteiger partial charge in [-0.1, -0.05) is 24.3 Å². The summed E-state index contributed by atoms with van der Waals surface area (Å²) in [5, 5.41) is 0. The van der Waals surface area contributed by atoms with Crippen molar-refractivity contribution in [3.8, 4) is 11.5 Å². The Labute approximate surface area is 190 Å². The van der Waals surface area contributed by atoms with Gasteiger partial charge < -0.3 is 15.3 Å². The second kappa shape index (κ2) is 10.3. The Morgan fingerprint density at radius 1 is 0.970 bits per heavy atom. The third-order valence-electron chi connectivity index (χ3n) is 4.85. The molecule has 6 nitrogen and oxygen atoms in total. The number of aromatic nitrogens is 1. The molecule has 0 radical (unpaired) electrons. The highest BCUT2D eigenvalue weighted by molar-refractivity contribution is 5.93. The third kappa shape index (κ3) is 6.07. The predicted octanol–water partition coefficient (Wildman–Crippen LogP) is 4.70. The molecule has 0 unspecified atom stereocenters. The summed E-state index contributed by atoms with van der Waals surface area (Å²) in [6.45, 7) is 0.216. The number of nitrogens with one attached hydrogen (secondary N) is 1. The number of nitrogens with two attached hydrogens (primary N) is 1. The number of anilines is 1. The molecule has 3 aromatic carbocycles. The number of pyridine rings is 1. The molecular weight excluding hydrogens is 421 g/mol. The molecule has 4 rings (SSSR count). The smallest absolute Gasteiger partial charge is 0.285 e. The maximum atomic E-state index is 13.4. The maximum Gasteiger partial charge on any atom is 0.285 e. The molecule has 1 aromatic heterocycles. The number of hydrogen-bond acceptors (Lipinski definition) is 5. The number of nitrogens with zero attached hydrogens (tertiary/aromatic N) is 1. The van der Waals surface area contributed by atoms with E-state index in [1.807, 2.05) is 30.3 Å².